The zero-order valence-corrected chi connectivity index (χ0v) is 35.6. The Labute approximate surface area is 322 Å². The first-order chi connectivity index (χ1) is 23.5. The standard InChI is InChI=1S/C29H24F2NSe.C15H28O2.Ir/c1-28(2,3)24-15-19(14-17-6-4-5-7-20(17)24)25-27-23(11-13-32-25)22-9-8-18-16-29(30,31)12-10-21(18)26(22)33-27;1-7-14(5,8-2)12(16)11-13(17)15(6,9-3)10-4;/h4-9,11,13,15H,10,12,16H2,1-3H3;11,16H,7-10H2,1-6H3;/q-1;;/b;12-11-;. The molecule has 0 atom stereocenters. The number of alkyl halides is 2. The largest absolute Gasteiger partial charge is 0.512 e. The summed E-state index contributed by atoms with van der Waals surface area (Å²) in [5.41, 5.74) is 4.64. The van der Waals surface area contributed by atoms with E-state index in [1.165, 1.54) is 36.3 Å². The van der Waals surface area contributed by atoms with E-state index in [2.05, 4.69) is 69.3 Å². The van der Waals surface area contributed by atoms with Gasteiger partial charge in [-0.1, -0.05) is 41.5 Å². The van der Waals surface area contributed by atoms with Crippen LogP contribution in [0.15, 0.2) is 66.6 Å². The molecule has 2 heterocycles. The van der Waals surface area contributed by atoms with Crippen molar-refractivity contribution in [3.63, 3.8) is 0 Å². The van der Waals surface area contributed by atoms with Crippen LogP contribution in [-0.4, -0.2) is 36.3 Å². The number of rotatable bonds is 8. The molecule has 0 saturated carbocycles. The Morgan fingerprint density at radius 3 is 2.16 bits per heavy atom. The minimum Gasteiger partial charge on any atom is -0.512 e. The van der Waals surface area contributed by atoms with Gasteiger partial charge in [0.1, 0.15) is 5.76 Å². The number of ketones is 1. The van der Waals surface area contributed by atoms with Gasteiger partial charge in [0, 0.05) is 37.0 Å². The van der Waals surface area contributed by atoms with E-state index >= 15 is 0 Å². The zero-order chi connectivity index (χ0) is 36.6. The van der Waals surface area contributed by atoms with E-state index in [1.54, 1.807) is 0 Å². The van der Waals surface area contributed by atoms with Crippen LogP contribution in [0.4, 0.5) is 8.78 Å². The van der Waals surface area contributed by atoms with Gasteiger partial charge < -0.3 is 5.11 Å². The second-order valence-corrected chi connectivity index (χ2v) is 17.7. The van der Waals surface area contributed by atoms with Crippen molar-refractivity contribution < 1.29 is 38.8 Å². The van der Waals surface area contributed by atoms with Crippen LogP contribution in [0.3, 0.4) is 0 Å². The fourth-order valence-electron chi connectivity index (χ4n) is 6.83. The number of carbonyl (C=O) groups excluding carboxylic acids is 1. The van der Waals surface area contributed by atoms with Gasteiger partial charge in [-0.15, -0.1) is 0 Å². The molecule has 0 unspecified atom stereocenters. The number of halogens is 2. The Morgan fingerprint density at radius 2 is 1.53 bits per heavy atom. The molecule has 3 aromatic carbocycles. The summed E-state index contributed by atoms with van der Waals surface area (Å²) in [6, 6.07) is 20.4. The van der Waals surface area contributed by atoms with Gasteiger partial charge in [0.2, 0.25) is 0 Å². The topological polar surface area (TPSA) is 50.2 Å². The molecule has 275 valence electrons. The second-order valence-electron chi connectivity index (χ2n) is 15.6. The fraction of sp³-hybridized carbons (Fsp3) is 0.455. The summed E-state index contributed by atoms with van der Waals surface area (Å²) >= 11 is 0.0353. The summed E-state index contributed by atoms with van der Waals surface area (Å²) in [4.78, 5) is 17.0. The minimum absolute atomic E-state index is 0. The smallest absolute Gasteiger partial charge is 0.164 e. The number of aliphatic hydroxyl groups excluding tert-OH is 1. The number of hydrogen-bond acceptors (Lipinski definition) is 3. The molecule has 1 aliphatic carbocycles. The summed E-state index contributed by atoms with van der Waals surface area (Å²) in [5, 5.41) is 14.9. The Kier molecular flexibility index (Phi) is 12.7. The monoisotopic (exact) mass is 937 g/mol. The van der Waals surface area contributed by atoms with Gasteiger partial charge in [-0.05, 0) is 25.7 Å². The quantitative estimate of drug-likeness (QED) is 0.0730. The summed E-state index contributed by atoms with van der Waals surface area (Å²) in [6.45, 7) is 18.8. The third-order valence-corrected chi connectivity index (χ3v) is 14.1. The number of nitrogens with zero attached hydrogens (tertiary/aromatic N) is 1. The van der Waals surface area contributed by atoms with Gasteiger partial charge in [-0.25, -0.2) is 0 Å². The van der Waals surface area contributed by atoms with E-state index < -0.39 is 5.92 Å². The Balaban J connectivity index is 0.000000279. The van der Waals surface area contributed by atoms with E-state index in [-0.39, 0.29) is 75.2 Å². The van der Waals surface area contributed by atoms with E-state index in [0.29, 0.717) is 6.42 Å². The average molecular weight is 936 g/mol. The van der Waals surface area contributed by atoms with Crippen LogP contribution >= 0.6 is 0 Å². The van der Waals surface area contributed by atoms with Crippen LogP contribution in [0.1, 0.15) is 111 Å². The number of aryl methyl sites for hydroxylation is 1. The maximum Gasteiger partial charge on any atom is 0.164 e. The van der Waals surface area contributed by atoms with Gasteiger partial charge in [0.15, 0.2) is 5.78 Å². The van der Waals surface area contributed by atoms with Crippen molar-refractivity contribution in [2.45, 2.75) is 119 Å². The van der Waals surface area contributed by atoms with E-state index in [9.17, 15) is 18.7 Å². The van der Waals surface area contributed by atoms with Crippen LogP contribution in [0.2, 0.25) is 0 Å². The second kappa shape index (κ2) is 15.7. The Morgan fingerprint density at radius 1 is 0.902 bits per heavy atom. The molecule has 3 nitrogen and oxygen atoms in total. The molecule has 1 N–H and O–H groups in total. The van der Waals surface area contributed by atoms with Gasteiger partial charge in [0.25, 0.3) is 0 Å². The normalized spacial score (nSPS) is 14.9. The van der Waals surface area contributed by atoms with Gasteiger partial charge >= 0.3 is 198 Å². The number of pyridine rings is 1. The Bertz CT molecular complexity index is 2070. The first-order valence-corrected chi connectivity index (χ1v) is 19.8. The van der Waals surface area contributed by atoms with E-state index in [0.717, 1.165) is 53.5 Å². The maximum absolute atomic E-state index is 14.0. The van der Waals surface area contributed by atoms with Gasteiger partial charge in [-0.3, -0.25) is 4.79 Å². The van der Waals surface area contributed by atoms with Crippen molar-refractivity contribution >= 4 is 50.4 Å². The van der Waals surface area contributed by atoms with Crippen LogP contribution in [-0.2, 0) is 43.2 Å². The van der Waals surface area contributed by atoms with Gasteiger partial charge in [0.05, 0.1) is 0 Å². The van der Waals surface area contributed by atoms with Crippen molar-refractivity contribution in [1.29, 1.82) is 0 Å². The third kappa shape index (κ3) is 8.28. The molecular formula is C44H52F2IrNO2Se-. The molecule has 0 fully saturated rings. The molecule has 2 aromatic heterocycles. The van der Waals surface area contributed by atoms with Crippen molar-refractivity contribution in [3.8, 4) is 11.3 Å². The fourth-order valence-corrected chi connectivity index (χ4v) is 9.76. The van der Waals surface area contributed by atoms with Crippen LogP contribution < -0.4 is 0 Å². The van der Waals surface area contributed by atoms with E-state index in [4.69, 9.17) is 4.98 Å². The number of carbonyl (C=O) groups is 1. The number of fused-ring (bicyclic) bond motifs is 6. The number of aliphatic hydroxyl groups is 1. The molecular weight excluding hydrogens is 884 g/mol. The summed E-state index contributed by atoms with van der Waals surface area (Å²) in [6.07, 6.45) is 6.90. The predicted octanol–water partition coefficient (Wildman–Crippen LogP) is 12.1. The molecule has 0 amide bonds. The van der Waals surface area contributed by atoms with Crippen molar-refractivity contribution in [2.24, 2.45) is 10.8 Å². The van der Waals surface area contributed by atoms with Crippen molar-refractivity contribution in [1.82, 2.24) is 4.98 Å². The molecule has 1 radical (unpaired) electrons. The van der Waals surface area contributed by atoms with Crippen LogP contribution in [0.5, 0.6) is 0 Å². The van der Waals surface area contributed by atoms with Gasteiger partial charge in [-0.2, -0.15) is 0 Å². The number of hydrogen-bond donors (Lipinski definition) is 1. The van der Waals surface area contributed by atoms with Crippen LogP contribution in [0, 0.1) is 16.9 Å². The molecule has 1 aliphatic rings. The molecule has 5 aromatic rings. The number of allylic oxidation sites excluding steroid dienone is 2. The number of benzene rings is 3. The van der Waals surface area contributed by atoms with Crippen LogP contribution in [0.25, 0.3) is 41.3 Å². The summed E-state index contributed by atoms with van der Waals surface area (Å²) in [7, 11) is 0. The van der Waals surface area contributed by atoms with E-state index in [1.807, 2.05) is 53.8 Å². The molecule has 0 bridgehead atoms. The first kappa shape index (κ1) is 41.1. The minimum atomic E-state index is -2.59. The summed E-state index contributed by atoms with van der Waals surface area (Å²) in [5.74, 6) is -2.30. The maximum atomic E-state index is 14.0. The first-order valence-electron chi connectivity index (χ1n) is 18.1. The SMILES string of the molecule is CC(C)(C)c1cc(-c2nccc3c2[se]c2c4c(ccc23)CC(F)(F)CC4)[c-]c2ccccc12.CCC(C)(CC)C(=O)/C=C(\O)C(C)(CC)CC.[Ir]. The molecule has 0 saturated heterocycles. The van der Waals surface area contributed by atoms with Crippen molar-refractivity contribution in [2.75, 3.05) is 0 Å². The third-order valence-electron chi connectivity index (χ3n) is 11.4. The van der Waals surface area contributed by atoms with Crippen molar-refractivity contribution in [3.05, 3.63) is 89.3 Å². The molecule has 51 heavy (non-hydrogen) atoms. The Hall–Kier alpha value is -2.69. The molecule has 7 heteroatoms. The predicted molar refractivity (Wildman–Crippen MR) is 207 cm³/mol. The average Bonchev–Trinajstić information content (AvgIpc) is 3.48. The zero-order valence-electron chi connectivity index (χ0n) is 31.5. The molecule has 6 rings (SSSR count). The number of aromatic nitrogens is 1. The summed E-state index contributed by atoms with van der Waals surface area (Å²) < 4.78 is 30.6. The molecule has 0 spiro atoms. The molecule has 0 aliphatic heterocycles.